The molecule has 1 N–H and O–H groups in total. The SMILES string of the molecule is Cc1cc(-c2cc(C(=O)OC(C)C(=O)Nc3ccccc3C#N)c3c(C)noc3n2)c(C)s1. The lowest BCUT2D eigenvalue weighted by Gasteiger charge is -2.15. The number of hydrogen-bond donors (Lipinski definition) is 1. The first-order chi connectivity index (χ1) is 15.8. The first kappa shape index (κ1) is 22.2. The molecule has 9 heteroatoms. The molecule has 0 fully saturated rings. The Kier molecular flexibility index (Phi) is 5.94. The van der Waals surface area contributed by atoms with Crippen molar-refractivity contribution in [1.82, 2.24) is 10.1 Å². The number of benzene rings is 1. The topological polar surface area (TPSA) is 118 Å². The Morgan fingerprint density at radius 3 is 2.67 bits per heavy atom. The Morgan fingerprint density at radius 2 is 1.97 bits per heavy atom. The van der Waals surface area contributed by atoms with Crippen LogP contribution in [0.5, 0.6) is 0 Å². The van der Waals surface area contributed by atoms with Crippen LogP contribution >= 0.6 is 11.3 Å². The van der Waals surface area contributed by atoms with Crippen molar-refractivity contribution in [2.24, 2.45) is 0 Å². The van der Waals surface area contributed by atoms with Gasteiger partial charge in [-0.3, -0.25) is 4.79 Å². The zero-order valence-corrected chi connectivity index (χ0v) is 19.2. The summed E-state index contributed by atoms with van der Waals surface area (Å²) in [5, 5.41) is 16.2. The van der Waals surface area contributed by atoms with Gasteiger partial charge in [0.15, 0.2) is 6.10 Å². The number of amides is 1. The van der Waals surface area contributed by atoms with Crippen molar-refractivity contribution < 1.29 is 18.8 Å². The molecule has 0 radical (unpaired) electrons. The molecule has 1 amide bonds. The summed E-state index contributed by atoms with van der Waals surface area (Å²) in [5.74, 6) is -1.25. The molecule has 0 aliphatic rings. The summed E-state index contributed by atoms with van der Waals surface area (Å²) >= 11 is 1.63. The highest BCUT2D eigenvalue weighted by atomic mass is 32.1. The van der Waals surface area contributed by atoms with E-state index in [1.54, 1.807) is 48.6 Å². The molecule has 1 unspecified atom stereocenters. The average molecular weight is 461 g/mol. The number of carbonyl (C=O) groups excluding carboxylic acids is 2. The van der Waals surface area contributed by atoms with Gasteiger partial charge < -0.3 is 14.6 Å². The summed E-state index contributed by atoms with van der Waals surface area (Å²) in [5.41, 5.74) is 3.04. The van der Waals surface area contributed by atoms with Gasteiger partial charge in [0.2, 0.25) is 0 Å². The van der Waals surface area contributed by atoms with Crippen molar-refractivity contribution in [2.45, 2.75) is 33.8 Å². The summed E-state index contributed by atoms with van der Waals surface area (Å²) in [7, 11) is 0. The molecule has 0 spiro atoms. The van der Waals surface area contributed by atoms with Gasteiger partial charge >= 0.3 is 5.97 Å². The Balaban J connectivity index is 1.63. The normalized spacial score (nSPS) is 11.7. The quantitative estimate of drug-likeness (QED) is 0.419. The van der Waals surface area contributed by atoms with E-state index in [0.29, 0.717) is 28.0 Å². The van der Waals surface area contributed by atoms with E-state index in [-0.39, 0.29) is 11.3 Å². The van der Waals surface area contributed by atoms with E-state index in [2.05, 4.69) is 15.5 Å². The smallest absolute Gasteiger partial charge is 0.339 e. The molecule has 3 aromatic heterocycles. The number of aromatic nitrogens is 2. The molecular formula is C24H20N4O4S. The second kappa shape index (κ2) is 8.84. The second-order valence-electron chi connectivity index (χ2n) is 7.52. The van der Waals surface area contributed by atoms with E-state index in [0.717, 1.165) is 15.3 Å². The molecule has 0 aliphatic carbocycles. The van der Waals surface area contributed by atoms with Gasteiger partial charge in [0.25, 0.3) is 11.6 Å². The molecule has 0 aliphatic heterocycles. The van der Waals surface area contributed by atoms with E-state index in [4.69, 9.17) is 9.26 Å². The lowest BCUT2D eigenvalue weighted by atomic mass is 10.1. The predicted molar refractivity (Wildman–Crippen MR) is 124 cm³/mol. The minimum atomic E-state index is -1.11. The van der Waals surface area contributed by atoms with Crippen LogP contribution in [0.3, 0.4) is 0 Å². The number of fused-ring (bicyclic) bond motifs is 1. The first-order valence-electron chi connectivity index (χ1n) is 10.1. The van der Waals surface area contributed by atoms with Gasteiger partial charge in [0, 0.05) is 15.3 Å². The maximum atomic E-state index is 13.1. The van der Waals surface area contributed by atoms with Gasteiger partial charge in [0.1, 0.15) is 6.07 Å². The van der Waals surface area contributed by atoms with Crippen LogP contribution in [0.2, 0.25) is 0 Å². The van der Waals surface area contributed by atoms with Crippen LogP contribution in [-0.2, 0) is 9.53 Å². The van der Waals surface area contributed by atoms with Gasteiger partial charge in [-0.25, -0.2) is 9.78 Å². The van der Waals surface area contributed by atoms with Crippen molar-refractivity contribution in [2.75, 3.05) is 5.32 Å². The molecular weight excluding hydrogens is 440 g/mol. The molecule has 166 valence electrons. The number of anilines is 1. The van der Waals surface area contributed by atoms with Gasteiger partial charge in [-0.05, 0) is 52.0 Å². The highest BCUT2D eigenvalue weighted by Gasteiger charge is 2.25. The average Bonchev–Trinajstić information content (AvgIpc) is 3.34. The van der Waals surface area contributed by atoms with Crippen LogP contribution in [-0.4, -0.2) is 28.1 Å². The summed E-state index contributed by atoms with van der Waals surface area (Å²) in [6.07, 6.45) is -1.11. The number of nitrogens with zero attached hydrogens (tertiary/aromatic N) is 3. The number of nitrogens with one attached hydrogen (secondary N) is 1. The lowest BCUT2D eigenvalue weighted by Crippen LogP contribution is -2.30. The summed E-state index contributed by atoms with van der Waals surface area (Å²) in [6.45, 7) is 7.15. The van der Waals surface area contributed by atoms with Crippen LogP contribution in [0.4, 0.5) is 5.69 Å². The van der Waals surface area contributed by atoms with Crippen molar-refractivity contribution in [3.63, 3.8) is 0 Å². The van der Waals surface area contributed by atoms with Gasteiger partial charge in [-0.2, -0.15) is 5.26 Å². The molecule has 4 rings (SSSR count). The molecule has 8 nitrogen and oxygen atoms in total. The second-order valence-corrected chi connectivity index (χ2v) is 8.98. The van der Waals surface area contributed by atoms with Crippen LogP contribution < -0.4 is 5.32 Å². The summed E-state index contributed by atoms with van der Waals surface area (Å²) < 4.78 is 10.8. The minimum Gasteiger partial charge on any atom is -0.449 e. The Morgan fingerprint density at radius 1 is 1.21 bits per heavy atom. The Bertz CT molecular complexity index is 1430. The standard InChI is InChI=1S/C24H20N4O4S/c1-12-9-17(15(4)33-12)20-10-18(21-13(2)28-32-23(21)27-20)24(30)31-14(3)22(29)26-19-8-6-5-7-16(19)11-25/h5-10,14H,1-4H3,(H,26,29). The number of hydrogen-bond acceptors (Lipinski definition) is 8. The molecule has 1 aromatic carbocycles. The van der Waals surface area contributed by atoms with Gasteiger partial charge in [0.05, 0.1) is 33.6 Å². The molecule has 4 aromatic rings. The Labute approximate surface area is 193 Å². The number of para-hydroxylation sites is 1. The van der Waals surface area contributed by atoms with E-state index in [1.165, 1.54) is 6.92 Å². The van der Waals surface area contributed by atoms with Crippen LogP contribution in [0, 0.1) is 32.1 Å². The number of carbonyl (C=O) groups is 2. The number of thiophene rings is 1. The largest absolute Gasteiger partial charge is 0.449 e. The number of pyridine rings is 1. The van der Waals surface area contributed by atoms with Crippen LogP contribution in [0.25, 0.3) is 22.4 Å². The number of rotatable bonds is 5. The molecule has 0 saturated carbocycles. The van der Waals surface area contributed by atoms with Crippen molar-refractivity contribution in [3.8, 4) is 17.3 Å². The highest BCUT2D eigenvalue weighted by molar-refractivity contribution is 7.12. The Hall–Kier alpha value is -4.03. The predicted octanol–water partition coefficient (Wildman–Crippen LogP) is 4.93. The van der Waals surface area contributed by atoms with Crippen LogP contribution in [0.15, 0.2) is 40.9 Å². The van der Waals surface area contributed by atoms with Crippen molar-refractivity contribution in [3.05, 3.63) is 63.0 Å². The van der Waals surface area contributed by atoms with E-state index in [9.17, 15) is 14.9 Å². The third-order valence-corrected chi connectivity index (χ3v) is 6.08. The molecule has 3 heterocycles. The fraction of sp³-hybridized carbons (Fsp3) is 0.208. The fourth-order valence-electron chi connectivity index (χ4n) is 3.48. The van der Waals surface area contributed by atoms with Crippen molar-refractivity contribution in [1.29, 1.82) is 5.26 Å². The summed E-state index contributed by atoms with van der Waals surface area (Å²) in [6, 6.07) is 12.2. The lowest BCUT2D eigenvalue weighted by molar-refractivity contribution is -0.123. The van der Waals surface area contributed by atoms with Crippen molar-refractivity contribution >= 4 is 40.0 Å². The zero-order valence-electron chi connectivity index (χ0n) is 18.4. The third kappa shape index (κ3) is 4.33. The first-order valence-corrected chi connectivity index (χ1v) is 11.0. The van der Waals surface area contributed by atoms with Crippen LogP contribution in [0.1, 0.15) is 38.3 Å². The van der Waals surface area contributed by atoms with Gasteiger partial charge in [-0.15, -0.1) is 11.3 Å². The number of nitriles is 1. The third-order valence-electron chi connectivity index (χ3n) is 5.11. The molecule has 1 atom stereocenters. The maximum Gasteiger partial charge on any atom is 0.339 e. The maximum absolute atomic E-state index is 13.1. The number of ether oxygens (including phenoxy) is 1. The fourth-order valence-corrected chi connectivity index (χ4v) is 4.41. The number of aryl methyl sites for hydroxylation is 3. The summed E-state index contributed by atoms with van der Waals surface area (Å²) in [4.78, 5) is 32.5. The van der Waals surface area contributed by atoms with Gasteiger partial charge in [-0.1, -0.05) is 17.3 Å². The minimum absolute atomic E-state index is 0.217. The monoisotopic (exact) mass is 460 g/mol. The highest BCUT2D eigenvalue weighted by Crippen LogP contribution is 2.33. The molecule has 33 heavy (non-hydrogen) atoms. The van der Waals surface area contributed by atoms with E-state index >= 15 is 0 Å². The van der Waals surface area contributed by atoms with E-state index < -0.39 is 18.0 Å². The zero-order chi connectivity index (χ0) is 23.7. The molecule has 0 bridgehead atoms. The van der Waals surface area contributed by atoms with E-state index in [1.807, 2.05) is 26.0 Å². The molecule has 0 saturated heterocycles. The number of esters is 1.